The summed E-state index contributed by atoms with van der Waals surface area (Å²) in [5, 5.41) is 0.390. The molecule has 1 saturated heterocycles. The first-order valence-corrected chi connectivity index (χ1v) is 20.0. The van der Waals surface area contributed by atoms with E-state index in [1.807, 2.05) is 97.1 Å². The molecule has 60 heavy (non-hydrogen) atoms. The van der Waals surface area contributed by atoms with E-state index in [-0.39, 0.29) is 39.4 Å². The summed E-state index contributed by atoms with van der Waals surface area (Å²) >= 11 is 17.5. The highest BCUT2D eigenvalue weighted by Crippen LogP contribution is 2.29. The molecule has 0 aliphatic carbocycles. The maximum atomic E-state index is 6.14. The van der Waals surface area contributed by atoms with Gasteiger partial charge in [-0.1, -0.05) is 164 Å². The van der Waals surface area contributed by atoms with Gasteiger partial charge in [0, 0.05) is 16.7 Å². The summed E-state index contributed by atoms with van der Waals surface area (Å²) in [6.07, 6.45) is 0.0906. The zero-order valence-electron chi connectivity index (χ0n) is 32.9. The Morgan fingerprint density at radius 2 is 0.800 bits per heavy atom. The number of rotatable bonds is 6. The third kappa shape index (κ3) is 11.4. The van der Waals surface area contributed by atoms with E-state index in [0.717, 1.165) is 33.3 Å². The van der Waals surface area contributed by atoms with Crippen LogP contribution in [0.4, 0.5) is 4.70 Å². The Balaban J connectivity index is 0.000000156. The van der Waals surface area contributed by atoms with Crippen LogP contribution >= 0.6 is 34.8 Å². The number of hydrogen-bond donors (Lipinski definition) is 0. The molecule has 1 aliphatic heterocycles. The lowest BCUT2D eigenvalue weighted by atomic mass is 9.78. The predicted octanol–water partition coefficient (Wildman–Crippen LogP) is 11.8. The Labute approximate surface area is 364 Å². The van der Waals surface area contributed by atoms with E-state index in [9.17, 15) is 0 Å². The predicted molar refractivity (Wildman–Crippen MR) is 242 cm³/mol. The topological polar surface area (TPSA) is 95.8 Å². The molecule has 0 bridgehead atoms. The number of aromatic nitrogens is 6. The van der Waals surface area contributed by atoms with Crippen LogP contribution in [-0.2, 0) is 9.31 Å². The van der Waals surface area contributed by atoms with Crippen molar-refractivity contribution in [2.24, 2.45) is 0 Å². The minimum atomic E-state index is -0.274. The molecule has 0 amide bonds. The fourth-order valence-corrected chi connectivity index (χ4v) is 6.62. The Morgan fingerprint density at radius 3 is 1.27 bits per heavy atom. The van der Waals surface area contributed by atoms with Gasteiger partial charge in [-0.15, -0.1) is 0 Å². The second-order valence-electron chi connectivity index (χ2n) is 14.0. The zero-order chi connectivity index (χ0) is 41.2. The summed E-state index contributed by atoms with van der Waals surface area (Å²) in [5.41, 5.74) is 8.15. The summed E-state index contributed by atoms with van der Waals surface area (Å²) in [4.78, 5) is 24.8. The largest absolute Gasteiger partial charge is 0.494 e. The van der Waals surface area contributed by atoms with E-state index in [1.165, 1.54) is 11.1 Å². The normalized spacial score (nSPS) is 13.8. The molecule has 2 aromatic heterocycles. The molecule has 8 nitrogen and oxygen atoms in total. The van der Waals surface area contributed by atoms with Gasteiger partial charge in [0.25, 0.3) is 0 Å². The molecule has 9 rings (SSSR count). The minimum absolute atomic E-state index is 0. The van der Waals surface area contributed by atoms with Crippen molar-refractivity contribution in [1.29, 1.82) is 0 Å². The average molecular weight is 856 g/mol. The quantitative estimate of drug-likeness (QED) is 0.153. The SMILES string of the molecule is CC1OB(c2cccc(-c3ccccc3)c2)OC1(C)C.Clc1nc(-c2ccccc2)nc(-c2cccc(-c3ccccc3)c2)n1.Clc1nc(Cl)nc(-c2ccccc2)n1.F. The fraction of sp³-hybridized carbons (Fsp3) is 0.106. The summed E-state index contributed by atoms with van der Waals surface area (Å²) < 4.78 is 11.9. The molecule has 1 atom stereocenters. The minimum Gasteiger partial charge on any atom is -0.402 e. The van der Waals surface area contributed by atoms with Crippen LogP contribution in [0.5, 0.6) is 0 Å². The van der Waals surface area contributed by atoms with Gasteiger partial charge in [0.1, 0.15) is 0 Å². The third-order valence-electron chi connectivity index (χ3n) is 9.46. The standard InChI is InChI=1S/C21H14ClN3.C17H19BO2.C9H5Cl2N3.FH/c22-21-24-19(16-10-5-2-6-11-16)23-20(25-21)18-13-7-12-17(14-18)15-8-3-1-4-9-15;1-13-17(2,3)20-18(19-13)16-11-7-10-15(12-16)14-8-5-4-6-9-14;10-8-12-7(13-9(11)14-8)6-4-2-1-3-5-6;/h1-14H;4-13H,1-3H3;1-5H;1H. The van der Waals surface area contributed by atoms with Gasteiger partial charge in [0.2, 0.25) is 15.9 Å². The zero-order valence-corrected chi connectivity index (χ0v) is 35.1. The van der Waals surface area contributed by atoms with Crippen LogP contribution in [0, 0.1) is 0 Å². The fourth-order valence-electron chi connectivity index (χ4n) is 6.10. The Kier molecular flexibility index (Phi) is 14.9. The van der Waals surface area contributed by atoms with Gasteiger partial charge in [-0.05, 0) is 89.4 Å². The van der Waals surface area contributed by atoms with Crippen molar-refractivity contribution in [2.45, 2.75) is 32.5 Å². The van der Waals surface area contributed by atoms with E-state index in [4.69, 9.17) is 44.1 Å². The summed E-state index contributed by atoms with van der Waals surface area (Å²) in [6.45, 7) is 6.19. The van der Waals surface area contributed by atoms with Gasteiger partial charge in [0.05, 0.1) is 11.7 Å². The van der Waals surface area contributed by atoms with Gasteiger partial charge in [-0.2, -0.15) is 24.9 Å². The van der Waals surface area contributed by atoms with Crippen LogP contribution in [0.3, 0.4) is 0 Å². The van der Waals surface area contributed by atoms with Gasteiger partial charge < -0.3 is 9.31 Å². The van der Waals surface area contributed by atoms with Crippen molar-refractivity contribution in [3.8, 4) is 56.4 Å². The lowest BCUT2D eigenvalue weighted by Crippen LogP contribution is -2.34. The summed E-state index contributed by atoms with van der Waals surface area (Å²) in [7, 11) is -0.274. The number of halogens is 4. The van der Waals surface area contributed by atoms with Gasteiger partial charge in [-0.25, -0.2) is 4.98 Å². The first kappa shape index (κ1) is 43.7. The second kappa shape index (κ2) is 20.4. The van der Waals surface area contributed by atoms with Crippen LogP contribution in [0.2, 0.25) is 15.9 Å². The summed E-state index contributed by atoms with van der Waals surface area (Å²) in [5.74, 6) is 1.62. The molecular weight excluding hydrogens is 817 g/mol. The van der Waals surface area contributed by atoms with Crippen LogP contribution in [-0.4, -0.2) is 48.7 Å². The Hall–Kier alpha value is -5.88. The first-order valence-electron chi connectivity index (χ1n) is 18.9. The third-order valence-corrected chi connectivity index (χ3v) is 9.97. The number of nitrogens with zero attached hydrogens (tertiary/aromatic N) is 6. The molecule has 300 valence electrons. The molecule has 0 radical (unpaired) electrons. The Bertz CT molecular complexity index is 2600. The molecule has 0 spiro atoms. The van der Waals surface area contributed by atoms with Crippen LogP contribution in [0.25, 0.3) is 56.4 Å². The van der Waals surface area contributed by atoms with Gasteiger partial charge in [-0.3, -0.25) is 4.70 Å². The highest BCUT2D eigenvalue weighted by Gasteiger charge is 2.43. The average Bonchev–Trinajstić information content (AvgIpc) is 3.56. The van der Waals surface area contributed by atoms with Crippen molar-refractivity contribution in [2.75, 3.05) is 0 Å². The molecule has 1 aliphatic rings. The van der Waals surface area contributed by atoms with E-state index in [1.54, 1.807) is 0 Å². The maximum Gasteiger partial charge on any atom is 0.494 e. The molecule has 8 aromatic rings. The molecule has 0 saturated carbocycles. The molecule has 0 N–H and O–H groups in total. The summed E-state index contributed by atoms with van der Waals surface area (Å²) in [6, 6.07) is 56.3. The number of benzene rings is 6. The van der Waals surface area contributed by atoms with Crippen LogP contribution in [0.1, 0.15) is 20.8 Å². The molecule has 3 heterocycles. The van der Waals surface area contributed by atoms with Crippen molar-refractivity contribution in [3.63, 3.8) is 0 Å². The molecule has 1 fully saturated rings. The number of hydrogen-bond acceptors (Lipinski definition) is 8. The van der Waals surface area contributed by atoms with E-state index < -0.39 is 0 Å². The molecule has 6 aromatic carbocycles. The highest BCUT2D eigenvalue weighted by atomic mass is 35.5. The van der Waals surface area contributed by atoms with Crippen molar-refractivity contribution >= 4 is 47.4 Å². The Morgan fingerprint density at radius 1 is 0.433 bits per heavy atom. The van der Waals surface area contributed by atoms with E-state index in [2.05, 4.69) is 123 Å². The lowest BCUT2D eigenvalue weighted by molar-refractivity contribution is 0.0842. The second-order valence-corrected chi connectivity index (χ2v) is 15.0. The maximum absolute atomic E-state index is 6.14. The molecule has 1 unspecified atom stereocenters. The molecular formula is C47H39BCl3FN6O2. The lowest BCUT2D eigenvalue weighted by Gasteiger charge is -2.21. The van der Waals surface area contributed by atoms with Crippen LogP contribution < -0.4 is 5.46 Å². The monoisotopic (exact) mass is 854 g/mol. The first-order chi connectivity index (χ1) is 28.6. The van der Waals surface area contributed by atoms with Crippen molar-refractivity contribution < 1.29 is 14.0 Å². The van der Waals surface area contributed by atoms with Crippen LogP contribution in [0.15, 0.2) is 170 Å². The smallest absolute Gasteiger partial charge is 0.402 e. The van der Waals surface area contributed by atoms with Gasteiger partial charge in [0.15, 0.2) is 17.5 Å². The van der Waals surface area contributed by atoms with E-state index >= 15 is 0 Å². The van der Waals surface area contributed by atoms with Crippen molar-refractivity contribution in [3.05, 3.63) is 186 Å². The highest BCUT2D eigenvalue weighted by molar-refractivity contribution is 6.62. The van der Waals surface area contributed by atoms with E-state index in [0.29, 0.717) is 17.5 Å². The van der Waals surface area contributed by atoms with Gasteiger partial charge >= 0.3 is 7.12 Å². The van der Waals surface area contributed by atoms with Crippen molar-refractivity contribution in [1.82, 2.24) is 29.9 Å². The molecule has 13 heteroatoms.